The van der Waals surface area contributed by atoms with Crippen LogP contribution >= 0.6 is 11.8 Å². The van der Waals surface area contributed by atoms with Crippen LogP contribution in [0, 0.1) is 0 Å². The Hall–Kier alpha value is -1.96. The molecular weight excluding hydrogens is 268 g/mol. The maximum Gasteiger partial charge on any atom is 0.305 e. The van der Waals surface area contributed by atoms with Crippen molar-refractivity contribution in [2.75, 3.05) is 30.2 Å². The number of amides is 1. The quantitative estimate of drug-likeness (QED) is 0.784. The lowest BCUT2D eigenvalue weighted by Gasteiger charge is -1.98. The number of carbonyl (C=O) groups is 1. The molecule has 0 unspecified atom stereocenters. The Morgan fingerprint density at radius 2 is 2.42 bits per heavy atom. The van der Waals surface area contributed by atoms with E-state index in [0.717, 1.165) is 5.76 Å². The van der Waals surface area contributed by atoms with E-state index < -0.39 is 0 Å². The highest BCUT2D eigenvalue weighted by molar-refractivity contribution is 7.99. The van der Waals surface area contributed by atoms with Gasteiger partial charge in [-0.05, 0) is 12.1 Å². The van der Waals surface area contributed by atoms with Gasteiger partial charge < -0.3 is 4.42 Å². The Balaban J connectivity index is 1.74. The molecule has 2 rings (SSSR count). The van der Waals surface area contributed by atoms with Gasteiger partial charge in [-0.25, -0.2) is 0 Å². The van der Waals surface area contributed by atoms with Crippen molar-refractivity contribution in [3.63, 3.8) is 0 Å². The first-order valence-corrected chi connectivity index (χ1v) is 6.77. The minimum absolute atomic E-state index is 0.140. The highest BCUT2D eigenvalue weighted by atomic mass is 32.2. The van der Waals surface area contributed by atoms with E-state index in [1.807, 2.05) is 26.2 Å². The third kappa shape index (κ3) is 4.02. The molecule has 0 aliphatic heterocycles. The molecule has 0 saturated carbocycles. The number of aromatic nitrogens is 2. The second-order valence-corrected chi connectivity index (χ2v) is 4.94. The van der Waals surface area contributed by atoms with E-state index in [-0.39, 0.29) is 5.91 Å². The van der Waals surface area contributed by atoms with E-state index >= 15 is 0 Å². The molecule has 8 heteroatoms. The molecule has 0 aromatic carbocycles. The van der Waals surface area contributed by atoms with Gasteiger partial charge in [0.2, 0.25) is 11.2 Å². The number of hydrogen-bond acceptors (Lipinski definition) is 6. The predicted octanol–water partition coefficient (Wildman–Crippen LogP) is 0.625. The van der Waals surface area contributed by atoms with Gasteiger partial charge in [0.1, 0.15) is 5.76 Å². The minimum Gasteiger partial charge on any atom is -0.468 e. The van der Waals surface area contributed by atoms with Crippen LogP contribution in [0.1, 0.15) is 5.76 Å². The van der Waals surface area contributed by atoms with Gasteiger partial charge in [0, 0.05) is 0 Å². The molecule has 1 N–H and O–H groups in total. The third-order valence-corrected chi connectivity index (χ3v) is 3.14. The molecule has 0 saturated heterocycles. The van der Waals surface area contributed by atoms with Crippen molar-refractivity contribution < 1.29 is 18.5 Å². The summed E-state index contributed by atoms with van der Waals surface area (Å²) in [5.41, 5.74) is 0. The number of furan rings is 1. The SMILES string of the molecule is CN(C)[n+]1cc(NC(=O)CSCc2ccco2)on1. The Morgan fingerprint density at radius 3 is 3.05 bits per heavy atom. The summed E-state index contributed by atoms with van der Waals surface area (Å²) < 4.78 is 10.1. The van der Waals surface area contributed by atoms with Gasteiger partial charge in [0.15, 0.2) is 0 Å². The maximum atomic E-state index is 11.6. The largest absolute Gasteiger partial charge is 0.468 e. The van der Waals surface area contributed by atoms with Crippen LogP contribution < -0.4 is 15.1 Å². The van der Waals surface area contributed by atoms with Crippen LogP contribution in [0.3, 0.4) is 0 Å². The molecule has 2 aromatic heterocycles. The molecule has 0 radical (unpaired) electrons. The Morgan fingerprint density at radius 1 is 1.58 bits per heavy atom. The lowest BCUT2D eigenvalue weighted by atomic mass is 10.5. The van der Waals surface area contributed by atoms with Gasteiger partial charge in [-0.1, -0.05) is 0 Å². The Bertz CT molecular complexity index is 524. The molecule has 0 spiro atoms. The first-order valence-electron chi connectivity index (χ1n) is 5.61. The van der Waals surface area contributed by atoms with Crippen molar-refractivity contribution in [3.8, 4) is 0 Å². The molecule has 2 heterocycles. The number of anilines is 1. The summed E-state index contributed by atoms with van der Waals surface area (Å²) in [4.78, 5) is 13.1. The van der Waals surface area contributed by atoms with Crippen LogP contribution in [0.5, 0.6) is 0 Å². The van der Waals surface area contributed by atoms with E-state index in [2.05, 4.69) is 10.6 Å². The zero-order valence-corrected chi connectivity index (χ0v) is 11.5. The van der Waals surface area contributed by atoms with Gasteiger partial charge >= 0.3 is 5.88 Å². The smallest absolute Gasteiger partial charge is 0.305 e. The molecular formula is C11H15N4O3S+. The summed E-state index contributed by atoms with van der Waals surface area (Å²) in [5.74, 6) is 2.01. The van der Waals surface area contributed by atoms with Gasteiger partial charge in [-0.2, -0.15) is 5.01 Å². The van der Waals surface area contributed by atoms with Gasteiger partial charge in [-0.3, -0.25) is 14.6 Å². The van der Waals surface area contributed by atoms with Crippen molar-refractivity contribution in [2.24, 2.45) is 0 Å². The molecule has 0 aliphatic carbocycles. The van der Waals surface area contributed by atoms with Crippen LogP contribution in [-0.4, -0.2) is 31.0 Å². The van der Waals surface area contributed by atoms with E-state index in [9.17, 15) is 4.79 Å². The predicted molar refractivity (Wildman–Crippen MR) is 70.3 cm³/mol. The van der Waals surface area contributed by atoms with E-state index in [0.29, 0.717) is 17.4 Å². The first kappa shape index (κ1) is 13.5. The molecule has 102 valence electrons. The Labute approximate surface area is 114 Å². The summed E-state index contributed by atoms with van der Waals surface area (Å²) in [6, 6.07) is 3.70. The van der Waals surface area contributed by atoms with Crippen molar-refractivity contribution in [1.82, 2.24) is 5.27 Å². The summed E-state index contributed by atoms with van der Waals surface area (Å²) in [5, 5.41) is 8.06. The fourth-order valence-electron chi connectivity index (χ4n) is 1.29. The zero-order chi connectivity index (χ0) is 13.7. The summed E-state index contributed by atoms with van der Waals surface area (Å²) >= 11 is 1.47. The molecule has 0 bridgehead atoms. The number of nitrogens with zero attached hydrogens (tertiary/aromatic N) is 3. The molecule has 0 aliphatic rings. The number of nitrogens with one attached hydrogen (secondary N) is 1. The van der Waals surface area contributed by atoms with E-state index in [1.54, 1.807) is 17.5 Å². The van der Waals surface area contributed by atoms with E-state index in [4.69, 9.17) is 8.94 Å². The van der Waals surface area contributed by atoms with Crippen LogP contribution in [0.2, 0.25) is 0 Å². The summed E-state index contributed by atoms with van der Waals surface area (Å²) in [6.07, 6.45) is 3.21. The van der Waals surface area contributed by atoms with Crippen LogP contribution in [0.25, 0.3) is 0 Å². The fourth-order valence-corrected chi connectivity index (χ4v) is 2.02. The van der Waals surface area contributed by atoms with E-state index in [1.165, 1.54) is 16.6 Å². The monoisotopic (exact) mass is 283 g/mol. The lowest BCUT2D eigenvalue weighted by Crippen LogP contribution is -2.53. The van der Waals surface area contributed by atoms with Crippen LogP contribution in [0.15, 0.2) is 33.5 Å². The molecule has 2 aromatic rings. The summed E-state index contributed by atoms with van der Waals surface area (Å²) in [7, 11) is 3.63. The number of hydrogen-bond donors (Lipinski definition) is 1. The van der Waals surface area contributed by atoms with Crippen LogP contribution in [0.4, 0.5) is 5.88 Å². The maximum absolute atomic E-state index is 11.6. The molecule has 7 nitrogen and oxygen atoms in total. The Kier molecular flexibility index (Phi) is 4.45. The average molecular weight is 283 g/mol. The van der Waals surface area contributed by atoms with Gasteiger partial charge in [0.05, 0.1) is 36.7 Å². The molecule has 0 fully saturated rings. The lowest BCUT2D eigenvalue weighted by molar-refractivity contribution is -0.753. The fraction of sp³-hybridized carbons (Fsp3) is 0.364. The molecule has 0 atom stereocenters. The van der Waals surface area contributed by atoms with Crippen molar-refractivity contribution in [1.29, 1.82) is 0 Å². The normalized spacial score (nSPS) is 10.4. The molecule has 1 amide bonds. The summed E-state index contributed by atoms with van der Waals surface area (Å²) in [6.45, 7) is 0. The van der Waals surface area contributed by atoms with Gasteiger partial charge in [0.25, 0.3) is 6.20 Å². The highest BCUT2D eigenvalue weighted by Crippen LogP contribution is 2.12. The van der Waals surface area contributed by atoms with Gasteiger partial charge in [-0.15, -0.1) is 11.8 Å². The average Bonchev–Trinajstić information content (AvgIpc) is 3.00. The van der Waals surface area contributed by atoms with Crippen molar-refractivity contribution in [3.05, 3.63) is 30.4 Å². The first-order chi connectivity index (χ1) is 9.15. The minimum atomic E-state index is -0.140. The number of carbonyl (C=O) groups excluding carboxylic acids is 1. The van der Waals surface area contributed by atoms with Crippen molar-refractivity contribution >= 4 is 23.6 Å². The van der Waals surface area contributed by atoms with Crippen molar-refractivity contribution in [2.45, 2.75) is 5.75 Å². The third-order valence-electron chi connectivity index (χ3n) is 2.19. The second-order valence-electron chi connectivity index (χ2n) is 3.95. The topological polar surface area (TPSA) is 75.4 Å². The highest BCUT2D eigenvalue weighted by Gasteiger charge is 2.15. The standard InChI is InChI=1S/C11H14N4O3S/c1-14(2)15-6-11(18-13-15)12-10(16)8-19-7-9-4-3-5-17-9/h3-6H,7-8H2,1-2H3/p+1. The second kappa shape index (κ2) is 6.28. The zero-order valence-electron chi connectivity index (χ0n) is 10.7. The number of rotatable bonds is 6. The molecule has 19 heavy (non-hydrogen) atoms. The van der Waals surface area contributed by atoms with Crippen LogP contribution in [-0.2, 0) is 10.5 Å². The number of thioether (sulfide) groups is 1.